The summed E-state index contributed by atoms with van der Waals surface area (Å²) < 4.78 is 0.806. The number of carbonyl (C=O) groups excluding carboxylic acids is 1. The minimum Gasteiger partial charge on any atom is -0.347 e. The van der Waals surface area contributed by atoms with Crippen molar-refractivity contribution in [2.24, 2.45) is 0 Å². The lowest BCUT2D eigenvalue weighted by Gasteiger charge is -2.15. The van der Waals surface area contributed by atoms with Gasteiger partial charge in [-0.1, -0.05) is 0 Å². The Kier molecular flexibility index (Phi) is 3.98. The van der Waals surface area contributed by atoms with Crippen LogP contribution in [0.4, 0.5) is 5.13 Å². The first kappa shape index (κ1) is 13.5. The molecule has 1 aliphatic heterocycles. The van der Waals surface area contributed by atoms with E-state index in [1.54, 1.807) is 36.0 Å². The first-order valence-corrected chi connectivity index (χ1v) is 7.95. The summed E-state index contributed by atoms with van der Waals surface area (Å²) in [6.45, 7) is 1.73. The summed E-state index contributed by atoms with van der Waals surface area (Å²) in [5, 5.41) is 6.04. The van der Waals surface area contributed by atoms with E-state index in [0.29, 0.717) is 5.56 Å². The predicted molar refractivity (Wildman–Crippen MR) is 82.1 cm³/mol. The van der Waals surface area contributed by atoms with E-state index in [1.807, 2.05) is 5.38 Å². The molecule has 3 heterocycles. The van der Waals surface area contributed by atoms with Gasteiger partial charge >= 0.3 is 0 Å². The lowest BCUT2D eigenvalue weighted by Crippen LogP contribution is -2.37. The fraction of sp³-hybridized carbons (Fsp3) is 0.308. The van der Waals surface area contributed by atoms with Crippen LogP contribution in [0, 0.1) is 0 Å². The first-order valence-electron chi connectivity index (χ1n) is 6.28. The van der Waals surface area contributed by atoms with Crippen molar-refractivity contribution >= 4 is 38.3 Å². The molecule has 2 aromatic heterocycles. The van der Waals surface area contributed by atoms with Crippen LogP contribution in [0.1, 0.15) is 16.8 Å². The number of hydrogen-bond donors (Lipinski definition) is 1. The maximum absolute atomic E-state index is 12.1. The van der Waals surface area contributed by atoms with Crippen LogP contribution in [0.5, 0.6) is 0 Å². The first-order chi connectivity index (χ1) is 9.72. The van der Waals surface area contributed by atoms with Crippen molar-refractivity contribution in [2.45, 2.75) is 12.5 Å². The van der Waals surface area contributed by atoms with Gasteiger partial charge < -0.3 is 10.2 Å². The molecule has 104 valence electrons. The molecule has 0 aromatic carbocycles. The van der Waals surface area contributed by atoms with Crippen LogP contribution in [0.25, 0.3) is 0 Å². The van der Waals surface area contributed by atoms with Crippen LogP contribution < -0.4 is 10.2 Å². The molecule has 1 atom stereocenters. The van der Waals surface area contributed by atoms with Crippen LogP contribution in [0.15, 0.2) is 34.5 Å². The van der Waals surface area contributed by atoms with Crippen molar-refractivity contribution < 1.29 is 4.79 Å². The number of hydrogen-bond acceptors (Lipinski definition) is 5. The number of anilines is 1. The fourth-order valence-electron chi connectivity index (χ4n) is 2.23. The number of rotatable bonds is 3. The van der Waals surface area contributed by atoms with Crippen molar-refractivity contribution in [3.63, 3.8) is 0 Å². The molecule has 1 saturated heterocycles. The normalized spacial score (nSPS) is 18.2. The number of thiazole rings is 1. The maximum Gasteiger partial charge on any atom is 0.253 e. The lowest BCUT2D eigenvalue weighted by molar-refractivity contribution is 0.0940. The van der Waals surface area contributed by atoms with Crippen LogP contribution in [0.3, 0.4) is 0 Å². The monoisotopic (exact) mass is 352 g/mol. The summed E-state index contributed by atoms with van der Waals surface area (Å²) in [6.07, 6.45) is 5.98. The molecule has 1 amide bonds. The van der Waals surface area contributed by atoms with E-state index in [2.05, 4.69) is 36.1 Å². The van der Waals surface area contributed by atoms with Gasteiger partial charge in [0.05, 0.1) is 5.56 Å². The molecule has 1 aliphatic rings. The maximum atomic E-state index is 12.1. The Bertz CT molecular complexity index is 604. The van der Waals surface area contributed by atoms with Gasteiger partial charge in [0.25, 0.3) is 5.91 Å². The van der Waals surface area contributed by atoms with Crippen molar-refractivity contribution in [1.29, 1.82) is 0 Å². The highest BCUT2D eigenvalue weighted by Crippen LogP contribution is 2.22. The van der Waals surface area contributed by atoms with E-state index >= 15 is 0 Å². The molecule has 0 radical (unpaired) electrons. The van der Waals surface area contributed by atoms with Gasteiger partial charge in [-0.2, -0.15) is 0 Å². The molecule has 1 N–H and O–H groups in total. The molecule has 2 aromatic rings. The standard InChI is InChI=1S/C13H13BrN4OS/c14-10-5-9(6-15-7-10)12(19)17-11-1-3-18(8-11)13-16-2-4-20-13/h2,4-7,11H,1,3,8H2,(H,17,19)/t11-/m0/s1. The molecule has 3 rings (SSSR count). The van der Waals surface area contributed by atoms with Crippen LogP contribution >= 0.6 is 27.3 Å². The van der Waals surface area contributed by atoms with Gasteiger partial charge in [0.15, 0.2) is 5.13 Å². The van der Waals surface area contributed by atoms with Crippen molar-refractivity contribution in [3.05, 3.63) is 40.1 Å². The number of nitrogens with one attached hydrogen (secondary N) is 1. The van der Waals surface area contributed by atoms with Gasteiger partial charge in [-0.15, -0.1) is 11.3 Å². The van der Waals surface area contributed by atoms with Crippen molar-refractivity contribution in [1.82, 2.24) is 15.3 Å². The third-order valence-corrected chi connectivity index (χ3v) is 4.45. The smallest absolute Gasteiger partial charge is 0.253 e. The lowest BCUT2D eigenvalue weighted by atomic mass is 10.2. The predicted octanol–water partition coefficient (Wildman–Crippen LogP) is 2.31. The number of pyridine rings is 1. The summed E-state index contributed by atoms with van der Waals surface area (Å²) in [5.41, 5.74) is 0.576. The van der Waals surface area contributed by atoms with Crippen LogP contribution in [-0.4, -0.2) is 35.0 Å². The van der Waals surface area contributed by atoms with E-state index in [9.17, 15) is 4.79 Å². The zero-order valence-electron chi connectivity index (χ0n) is 10.6. The minimum atomic E-state index is -0.0789. The van der Waals surface area contributed by atoms with E-state index in [0.717, 1.165) is 29.1 Å². The number of halogens is 1. The molecule has 20 heavy (non-hydrogen) atoms. The largest absolute Gasteiger partial charge is 0.347 e. The molecule has 0 saturated carbocycles. The Hall–Kier alpha value is -1.47. The number of carbonyl (C=O) groups is 1. The van der Waals surface area contributed by atoms with Gasteiger partial charge in [-0.05, 0) is 28.4 Å². The van der Waals surface area contributed by atoms with E-state index in [1.165, 1.54) is 0 Å². The number of aromatic nitrogens is 2. The Balaban J connectivity index is 1.61. The molecule has 0 bridgehead atoms. The second-order valence-corrected chi connectivity index (χ2v) is 6.40. The summed E-state index contributed by atoms with van der Waals surface area (Å²) in [6, 6.07) is 1.93. The van der Waals surface area contributed by atoms with Gasteiger partial charge in [0.2, 0.25) is 0 Å². The second kappa shape index (κ2) is 5.88. The average Bonchev–Trinajstić information content (AvgIpc) is 3.08. The third kappa shape index (κ3) is 2.99. The molecule has 0 aliphatic carbocycles. The Morgan fingerprint density at radius 2 is 2.40 bits per heavy atom. The van der Waals surface area contributed by atoms with E-state index < -0.39 is 0 Å². The molecule has 1 fully saturated rings. The average molecular weight is 353 g/mol. The summed E-state index contributed by atoms with van der Waals surface area (Å²) in [4.78, 5) is 22.7. The molecule has 5 nitrogen and oxygen atoms in total. The topological polar surface area (TPSA) is 58.1 Å². The summed E-state index contributed by atoms with van der Waals surface area (Å²) in [7, 11) is 0. The van der Waals surface area contributed by atoms with Gasteiger partial charge in [-0.3, -0.25) is 9.78 Å². The van der Waals surface area contributed by atoms with Gasteiger partial charge in [0.1, 0.15) is 0 Å². The fourth-order valence-corrected chi connectivity index (χ4v) is 3.27. The van der Waals surface area contributed by atoms with E-state index in [4.69, 9.17) is 0 Å². The van der Waals surface area contributed by atoms with Crippen LogP contribution in [0.2, 0.25) is 0 Å². The molecular weight excluding hydrogens is 340 g/mol. The minimum absolute atomic E-state index is 0.0789. The van der Waals surface area contributed by atoms with Gasteiger partial charge in [0, 0.05) is 47.6 Å². The van der Waals surface area contributed by atoms with Crippen LogP contribution in [-0.2, 0) is 0 Å². The quantitative estimate of drug-likeness (QED) is 0.920. The zero-order chi connectivity index (χ0) is 13.9. The third-order valence-electron chi connectivity index (χ3n) is 3.18. The SMILES string of the molecule is O=C(N[C@H]1CCN(c2nccs2)C1)c1cncc(Br)c1. The molecular formula is C13H13BrN4OS. The highest BCUT2D eigenvalue weighted by molar-refractivity contribution is 9.10. The summed E-state index contributed by atoms with van der Waals surface area (Å²) in [5.74, 6) is -0.0789. The molecule has 0 unspecified atom stereocenters. The molecule has 7 heteroatoms. The Labute approximate surface area is 129 Å². The highest BCUT2D eigenvalue weighted by Gasteiger charge is 2.25. The number of nitrogens with zero attached hydrogens (tertiary/aromatic N) is 3. The van der Waals surface area contributed by atoms with Crippen molar-refractivity contribution in [3.8, 4) is 0 Å². The highest BCUT2D eigenvalue weighted by atomic mass is 79.9. The molecule has 0 spiro atoms. The Morgan fingerprint density at radius 3 is 3.15 bits per heavy atom. The zero-order valence-corrected chi connectivity index (χ0v) is 13.0. The van der Waals surface area contributed by atoms with Crippen molar-refractivity contribution in [2.75, 3.05) is 18.0 Å². The Morgan fingerprint density at radius 1 is 1.50 bits per heavy atom. The van der Waals surface area contributed by atoms with E-state index in [-0.39, 0.29) is 11.9 Å². The van der Waals surface area contributed by atoms with Gasteiger partial charge in [-0.25, -0.2) is 4.98 Å². The summed E-state index contributed by atoms with van der Waals surface area (Å²) >= 11 is 4.95. The number of amides is 1. The second-order valence-electron chi connectivity index (χ2n) is 4.61.